The lowest BCUT2D eigenvalue weighted by Crippen LogP contribution is -2.40. The van der Waals surface area contributed by atoms with Crippen molar-refractivity contribution in [1.82, 2.24) is 0 Å². The average molecular weight is 321 g/mol. The topological polar surface area (TPSA) is 18.5 Å². The molecule has 0 aromatic rings. The lowest BCUT2D eigenvalue weighted by molar-refractivity contribution is -0.0812. The summed E-state index contributed by atoms with van der Waals surface area (Å²) in [5.41, 5.74) is 0.0704. The summed E-state index contributed by atoms with van der Waals surface area (Å²) in [7, 11) is 0. The molecule has 0 radical (unpaired) electrons. The molecule has 0 aromatic carbocycles. The van der Waals surface area contributed by atoms with Crippen LogP contribution in [0.25, 0.3) is 0 Å². The lowest BCUT2D eigenvalue weighted by Gasteiger charge is -2.40. The summed E-state index contributed by atoms with van der Waals surface area (Å²) in [5, 5.41) is 0.957. The van der Waals surface area contributed by atoms with Gasteiger partial charge in [-0.1, -0.05) is 36.7 Å². The van der Waals surface area contributed by atoms with E-state index in [-0.39, 0.29) is 5.60 Å². The van der Waals surface area contributed by atoms with Gasteiger partial charge in [0, 0.05) is 11.9 Å². The number of hydrogen-bond donors (Lipinski definition) is 0. The van der Waals surface area contributed by atoms with E-state index in [9.17, 15) is 0 Å². The van der Waals surface area contributed by atoms with E-state index >= 15 is 0 Å². The highest BCUT2D eigenvalue weighted by Gasteiger charge is 2.35. The molecule has 108 valence electrons. The van der Waals surface area contributed by atoms with Crippen molar-refractivity contribution < 1.29 is 9.47 Å². The van der Waals surface area contributed by atoms with Gasteiger partial charge >= 0.3 is 0 Å². The average Bonchev–Trinajstić information content (AvgIpc) is 2.39. The van der Waals surface area contributed by atoms with E-state index < -0.39 is 0 Å². The molecule has 1 saturated carbocycles. The molecule has 1 aliphatic rings. The van der Waals surface area contributed by atoms with Gasteiger partial charge in [-0.05, 0) is 43.9 Å². The second kappa shape index (κ2) is 8.55. The monoisotopic (exact) mass is 320 g/mol. The van der Waals surface area contributed by atoms with Crippen LogP contribution in [0, 0.1) is 11.8 Å². The fraction of sp³-hybridized carbons (Fsp3) is 1.00. The number of halogens is 1. The van der Waals surface area contributed by atoms with Crippen LogP contribution < -0.4 is 0 Å². The summed E-state index contributed by atoms with van der Waals surface area (Å²) >= 11 is 3.64. The fourth-order valence-corrected chi connectivity index (χ4v) is 3.44. The maximum atomic E-state index is 6.12. The van der Waals surface area contributed by atoms with Gasteiger partial charge in [0.25, 0.3) is 0 Å². The van der Waals surface area contributed by atoms with Crippen LogP contribution in [-0.4, -0.2) is 30.8 Å². The normalized spacial score (nSPS) is 28.8. The maximum absolute atomic E-state index is 6.12. The van der Waals surface area contributed by atoms with Crippen molar-refractivity contribution in [3.63, 3.8) is 0 Å². The first-order chi connectivity index (χ1) is 8.63. The maximum Gasteiger partial charge on any atom is 0.0780 e. The van der Waals surface area contributed by atoms with Gasteiger partial charge in [0.2, 0.25) is 0 Å². The second-order valence-corrected chi connectivity index (χ2v) is 6.42. The Balaban J connectivity index is 2.27. The van der Waals surface area contributed by atoms with E-state index in [0.29, 0.717) is 0 Å². The molecule has 0 N–H and O–H groups in total. The van der Waals surface area contributed by atoms with Crippen LogP contribution in [0.1, 0.15) is 52.9 Å². The number of hydrogen-bond acceptors (Lipinski definition) is 2. The summed E-state index contributed by atoms with van der Waals surface area (Å²) < 4.78 is 11.6. The molecule has 1 rings (SSSR count). The Hall–Kier alpha value is 0.400. The largest absolute Gasteiger partial charge is 0.379 e. The zero-order chi connectivity index (χ0) is 13.4. The number of ether oxygens (including phenoxy) is 2. The molecule has 0 amide bonds. The van der Waals surface area contributed by atoms with Gasteiger partial charge < -0.3 is 9.47 Å². The van der Waals surface area contributed by atoms with E-state index in [2.05, 4.69) is 36.7 Å². The minimum Gasteiger partial charge on any atom is -0.379 e. The minimum atomic E-state index is 0.0704. The quantitative estimate of drug-likeness (QED) is 0.487. The van der Waals surface area contributed by atoms with Crippen molar-refractivity contribution in [3.05, 3.63) is 0 Å². The van der Waals surface area contributed by atoms with Crippen LogP contribution in [0.2, 0.25) is 0 Å². The van der Waals surface area contributed by atoms with Gasteiger partial charge in [-0.15, -0.1) is 0 Å². The lowest BCUT2D eigenvalue weighted by atomic mass is 9.75. The third-order valence-corrected chi connectivity index (χ3v) is 5.13. The third kappa shape index (κ3) is 5.18. The smallest absolute Gasteiger partial charge is 0.0780 e. The van der Waals surface area contributed by atoms with E-state index in [1.807, 2.05) is 0 Å². The van der Waals surface area contributed by atoms with Gasteiger partial charge in [0.15, 0.2) is 0 Å². The van der Waals surface area contributed by atoms with Crippen LogP contribution >= 0.6 is 15.9 Å². The Morgan fingerprint density at radius 2 is 1.83 bits per heavy atom. The first-order valence-corrected chi connectivity index (χ1v) is 8.53. The van der Waals surface area contributed by atoms with Gasteiger partial charge in [0.1, 0.15) is 0 Å². The zero-order valence-corrected chi connectivity index (χ0v) is 13.8. The molecule has 3 heteroatoms. The SMILES string of the molecule is CCCOCCOC1(CBr)CCC(C(C)C)CC1. The van der Waals surface area contributed by atoms with Gasteiger partial charge in [0.05, 0.1) is 18.8 Å². The molecular weight excluding hydrogens is 292 g/mol. The van der Waals surface area contributed by atoms with Crippen LogP contribution in [0.4, 0.5) is 0 Å². The molecule has 0 saturated heterocycles. The van der Waals surface area contributed by atoms with E-state index in [0.717, 1.165) is 43.4 Å². The summed E-state index contributed by atoms with van der Waals surface area (Å²) in [6.45, 7) is 9.12. The fourth-order valence-electron chi connectivity index (χ4n) is 2.71. The molecular formula is C15H29BrO2. The van der Waals surface area contributed by atoms with Crippen LogP contribution in [0.3, 0.4) is 0 Å². The van der Waals surface area contributed by atoms with E-state index in [4.69, 9.17) is 9.47 Å². The molecule has 0 aromatic heterocycles. The predicted molar refractivity (Wildman–Crippen MR) is 80.4 cm³/mol. The highest BCUT2D eigenvalue weighted by molar-refractivity contribution is 9.09. The standard InChI is InChI=1S/C15H29BrO2/c1-4-9-17-10-11-18-15(12-16)7-5-14(6-8-15)13(2)3/h13-14H,4-12H2,1-3H3. The Bertz CT molecular complexity index is 211. The van der Waals surface area contributed by atoms with Crippen molar-refractivity contribution in [1.29, 1.82) is 0 Å². The molecule has 0 atom stereocenters. The van der Waals surface area contributed by atoms with Crippen molar-refractivity contribution in [2.45, 2.75) is 58.5 Å². The number of alkyl halides is 1. The van der Waals surface area contributed by atoms with Gasteiger partial charge in [-0.2, -0.15) is 0 Å². The molecule has 18 heavy (non-hydrogen) atoms. The molecule has 1 fully saturated rings. The van der Waals surface area contributed by atoms with Crippen molar-refractivity contribution in [2.24, 2.45) is 11.8 Å². The minimum absolute atomic E-state index is 0.0704. The van der Waals surface area contributed by atoms with Crippen molar-refractivity contribution in [3.8, 4) is 0 Å². The highest BCUT2D eigenvalue weighted by Crippen LogP contribution is 2.39. The molecule has 0 aliphatic heterocycles. The highest BCUT2D eigenvalue weighted by atomic mass is 79.9. The molecule has 2 nitrogen and oxygen atoms in total. The molecule has 1 aliphatic carbocycles. The summed E-state index contributed by atoms with van der Waals surface area (Å²) in [5.74, 6) is 1.70. The van der Waals surface area contributed by atoms with Crippen LogP contribution in [0.15, 0.2) is 0 Å². The third-order valence-electron chi connectivity index (χ3n) is 4.11. The van der Waals surface area contributed by atoms with Crippen molar-refractivity contribution >= 4 is 15.9 Å². The summed E-state index contributed by atoms with van der Waals surface area (Å²) in [6.07, 6.45) is 6.07. The Morgan fingerprint density at radius 1 is 1.17 bits per heavy atom. The first kappa shape index (κ1) is 16.5. The molecule has 0 unspecified atom stereocenters. The van der Waals surface area contributed by atoms with Gasteiger partial charge in [-0.3, -0.25) is 0 Å². The molecule has 0 heterocycles. The molecule has 0 spiro atoms. The predicted octanol–water partition coefficient (Wildman–Crippen LogP) is 4.41. The Labute approximate surface area is 121 Å². The second-order valence-electron chi connectivity index (χ2n) is 5.86. The van der Waals surface area contributed by atoms with E-state index in [1.165, 1.54) is 25.7 Å². The van der Waals surface area contributed by atoms with Gasteiger partial charge in [-0.25, -0.2) is 0 Å². The van der Waals surface area contributed by atoms with Crippen molar-refractivity contribution in [2.75, 3.05) is 25.2 Å². The summed E-state index contributed by atoms with van der Waals surface area (Å²) in [4.78, 5) is 0. The molecule has 0 bridgehead atoms. The van der Waals surface area contributed by atoms with Crippen LogP contribution in [-0.2, 0) is 9.47 Å². The van der Waals surface area contributed by atoms with Crippen LogP contribution in [0.5, 0.6) is 0 Å². The first-order valence-electron chi connectivity index (χ1n) is 7.41. The summed E-state index contributed by atoms with van der Waals surface area (Å²) in [6, 6.07) is 0. The van der Waals surface area contributed by atoms with E-state index in [1.54, 1.807) is 0 Å². The Morgan fingerprint density at radius 3 is 2.33 bits per heavy atom. The zero-order valence-electron chi connectivity index (χ0n) is 12.2. The number of rotatable bonds is 8. The Kier molecular flexibility index (Phi) is 7.81.